The predicted molar refractivity (Wildman–Crippen MR) is 141 cm³/mol. The highest BCUT2D eigenvalue weighted by Gasteiger charge is 2.30. The van der Waals surface area contributed by atoms with Gasteiger partial charge in [-0.15, -0.1) is 0 Å². The fourth-order valence-electron chi connectivity index (χ4n) is 4.17. The molecule has 2 rings (SSSR count). The first-order valence-electron chi connectivity index (χ1n) is 11.6. The van der Waals surface area contributed by atoms with Crippen molar-refractivity contribution in [2.45, 2.75) is 63.5 Å². The molecular formula is C26H39N5OS. The summed E-state index contributed by atoms with van der Waals surface area (Å²) in [5.74, 6) is 7.51. The van der Waals surface area contributed by atoms with Crippen LogP contribution in [0, 0.1) is 5.41 Å². The van der Waals surface area contributed by atoms with E-state index >= 15 is 0 Å². The molecule has 2 aromatic rings. The van der Waals surface area contributed by atoms with E-state index in [0.29, 0.717) is 11.5 Å². The van der Waals surface area contributed by atoms with Crippen LogP contribution < -0.4 is 11.6 Å². The number of rotatable bonds is 15. The normalized spacial score (nSPS) is 16.1. The van der Waals surface area contributed by atoms with Gasteiger partial charge in [-0.3, -0.25) is 19.6 Å². The van der Waals surface area contributed by atoms with E-state index in [0.717, 1.165) is 49.7 Å². The van der Waals surface area contributed by atoms with Crippen molar-refractivity contribution < 1.29 is 4.21 Å². The number of hydrogen-bond acceptors (Lipinski definition) is 4. The molecule has 0 aliphatic rings. The van der Waals surface area contributed by atoms with E-state index in [9.17, 15) is 4.21 Å². The average molecular weight is 470 g/mol. The molecule has 3 unspecified atom stereocenters. The van der Waals surface area contributed by atoms with Crippen molar-refractivity contribution in [3.05, 3.63) is 71.8 Å². The quantitative estimate of drug-likeness (QED) is 0.116. The predicted octanol–water partition coefficient (Wildman–Crippen LogP) is 4.68. The molecule has 5 N–H and O–H groups in total. The maximum absolute atomic E-state index is 12.5. The Balaban J connectivity index is 1.76. The zero-order valence-electron chi connectivity index (χ0n) is 20.0. The minimum atomic E-state index is -0.835. The first-order valence-corrected chi connectivity index (χ1v) is 13.1. The zero-order valence-corrected chi connectivity index (χ0v) is 20.8. The first-order chi connectivity index (χ1) is 15.9. The molecule has 0 heterocycles. The minimum absolute atomic E-state index is 0.345. The number of nitrogens with one attached hydrogen (secondary N) is 1. The molecule has 7 heteroatoms. The van der Waals surface area contributed by atoms with Crippen LogP contribution in [0.15, 0.2) is 65.7 Å². The van der Waals surface area contributed by atoms with Gasteiger partial charge in [-0.25, -0.2) is 5.84 Å². The fraction of sp³-hybridized carbons (Fsp3) is 0.462. The van der Waals surface area contributed by atoms with Crippen LogP contribution in [0.5, 0.6) is 0 Å². The lowest BCUT2D eigenvalue weighted by atomic mass is 9.86. The Morgan fingerprint density at radius 1 is 0.909 bits per heavy atom. The van der Waals surface area contributed by atoms with Crippen molar-refractivity contribution in [3.8, 4) is 0 Å². The van der Waals surface area contributed by atoms with E-state index in [4.69, 9.17) is 17.0 Å². The maximum Gasteiger partial charge on any atom is 0.0967 e. The molecule has 0 bridgehead atoms. The molecule has 3 atom stereocenters. The molecule has 0 saturated carbocycles. The van der Waals surface area contributed by atoms with Crippen molar-refractivity contribution in [2.75, 3.05) is 11.5 Å². The third kappa shape index (κ3) is 7.79. The Kier molecular flexibility index (Phi) is 10.7. The van der Waals surface area contributed by atoms with Gasteiger partial charge in [-0.05, 0) is 63.5 Å². The molecule has 0 radical (unpaired) electrons. The Morgan fingerprint density at radius 3 is 1.94 bits per heavy atom. The first kappa shape index (κ1) is 26.7. The lowest BCUT2D eigenvalue weighted by molar-refractivity contribution is 0.183. The molecule has 0 saturated heterocycles. The number of aliphatic imine (C=N–C) groups is 1. The van der Waals surface area contributed by atoms with Crippen LogP contribution in [-0.2, 0) is 21.9 Å². The summed E-state index contributed by atoms with van der Waals surface area (Å²) in [4.78, 5) is 4.52. The summed E-state index contributed by atoms with van der Waals surface area (Å²) < 4.78 is 12.5. The van der Waals surface area contributed by atoms with Crippen LogP contribution in [0.1, 0.15) is 63.5 Å². The third-order valence-electron chi connectivity index (χ3n) is 6.43. The third-order valence-corrected chi connectivity index (χ3v) is 7.92. The van der Waals surface area contributed by atoms with Crippen LogP contribution in [0.25, 0.3) is 0 Å². The zero-order chi connectivity index (χ0) is 24.2. The monoisotopic (exact) mass is 469 g/mol. The van der Waals surface area contributed by atoms with Crippen molar-refractivity contribution in [3.63, 3.8) is 0 Å². The van der Waals surface area contributed by atoms with Crippen molar-refractivity contribution in [1.82, 2.24) is 5.01 Å². The van der Waals surface area contributed by atoms with Crippen LogP contribution in [0.4, 0.5) is 0 Å². The number of nitrogens with two attached hydrogens (primary N) is 2. The Morgan fingerprint density at radius 2 is 1.42 bits per heavy atom. The lowest BCUT2D eigenvalue weighted by Crippen LogP contribution is -2.47. The summed E-state index contributed by atoms with van der Waals surface area (Å²) in [7, 11) is -0.835. The standard InChI is InChI=1S/C26H39N5OS/c1-25(30-21-27,23-13-5-3-6-14-23)17-9-11-19-33(32)20-12-10-18-26(2,31(29)22-28)24-15-7-4-8-16-24/h3-8,13-16,21-22,28H,9-12,17-20,29H2,1-2H3,(H2,27,30). The Hall–Kier alpha value is -2.51. The van der Waals surface area contributed by atoms with Gasteiger partial charge in [-0.1, -0.05) is 60.7 Å². The van der Waals surface area contributed by atoms with E-state index in [1.165, 1.54) is 17.7 Å². The van der Waals surface area contributed by atoms with Gasteiger partial charge in [0.15, 0.2) is 0 Å². The highest BCUT2D eigenvalue weighted by molar-refractivity contribution is 7.84. The second kappa shape index (κ2) is 13.3. The van der Waals surface area contributed by atoms with E-state index in [1.807, 2.05) is 48.5 Å². The molecular weight excluding hydrogens is 430 g/mol. The lowest BCUT2D eigenvalue weighted by Gasteiger charge is -2.37. The second-order valence-electron chi connectivity index (χ2n) is 8.86. The van der Waals surface area contributed by atoms with E-state index < -0.39 is 16.3 Å². The highest BCUT2D eigenvalue weighted by atomic mass is 32.2. The molecule has 33 heavy (non-hydrogen) atoms. The van der Waals surface area contributed by atoms with Gasteiger partial charge >= 0.3 is 0 Å². The average Bonchev–Trinajstić information content (AvgIpc) is 2.85. The van der Waals surface area contributed by atoms with Gasteiger partial charge < -0.3 is 5.73 Å². The van der Waals surface area contributed by atoms with Gasteiger partial charge in [0, 0.05) is 22.3 Å². The Labute approximate surface area is 201 Å². The van der Waals surface area contributed by atoms with E-state index in [1.54, 1.807) is 0 Å². The van der Waals surface area contributed by atoms with Gasteiger partial charge in [-0.2, -0.15) is 0 Å². The van der Waals surface area contributed by atoms with Crippen molar-refractivity contribution in [1.29, 1.82) is 5.41 Å². The molecule has 0 aromatic heterocycles. The van der Waals surface area contributed by atoms with Gasteiger partial charge in [0.05, 0.1) is 23.8 Å². The number of unbranched alkanes of at least 4 members (excludes halogenated alkanes) is 2. The molecule has 0 fully saturated rings. The molecule has 0 spiro atoms. The summed E-state index contributed by atoms with van der Waals surface area (Å²) in [5.41, 5.74) is 7.04. The summed E-state index contributed by atoms with van der Waals surface area (Å²) in [6.07, 6.45) is 7.84. The number of benzene rings is 2. The molecule has 180 valence electrons. The summed E-state index contributed by atoms with van der Waals surface area (Å²) in [6, 6.07) is 20.2. The summed E-state index contributed by atoms with van der Waals surface area (Å²) in [5, 5.41) is 9.06. The molecule has 0 aliphatic heterocycles. The molecule has 2 aromatic carbocycles. The van der Waals surface area contributed by atoms with E-state index in [2.05, 4.69) is 31.0 Å². The van der Waals surface area contributed by atoms with E-state index in [-0.39, 0.29) is 5.54 Å². The Bertz CT molecular complexity index is 892. The fourth-order valence-corrected chi connectivity index (χ4v) is 5.43. The molecule has 0 amide bonds. The van der Waals surface area contributed by atoms with Crippen LogP contribution in [0.2, 0.25) is 0 Å². The molecule has 0 aliphatic carbocycles. The minimum Gasteiger partial charge on any atom is -0.390 e. The summed E-state index contributed by atoms with van der Waals surface area (Å²) >= 11 is 0. The largest absolute Gasteiger partial charge is 0.390 e. The number of hydrazine groups is 1. The summed E-state index contributed by atoms with van der Waals surface area (Å²) in [6.45, 7) is 4.15. The van der Waals surface area contributed by atoms with Gasteiger partial charge in [0.1, 0.15) is 0 Å². The van der Waals surface area contributed by atoms with Crippen LogP contribution in [-0.4, -0.2) is 33.4 Å². The van der Waals surface area contributed by atoms with Gasteiger partial charge in [0.25, 0.3) is 0 Å². The van der Waals surface area contributed by atoms with Crippen molar-refractivity contribution >= 4 is 23.5 Å². The van der Waals surface area contributed by atoms with Crippen LogP contribution >= 0.6 is 0 Å². The SMILES string of the molecule is CC(CCCCS(=O)CCCCC(C)(c1ccccc1)N(N)C=N)(N=CN)c1ccccc1. The van der Waals surface area contributed by atoms with Crippen molar-refractivity contribution in [2.24, 2.45) is 16.6 Å². The topological polar surface area (TPSA) is 109 Å². The number of hydrogen-bond donors (Lipinski definition) is 3. The van der Waals surface area contributed by atoms with Crippen LogP contribution in [0.3, 0.4) is 0 Å². The second-order valence-corrected chi connectivity index (χ2v) is 10.6. The smallest absolute Gasteiger partial charge is 0.0967 e. The van der Waals surface area contributed by atoms with Gasteiger partial charge in [0.2, 0.25) is 0 Å². The number of nitrogens with zero attached hydrogens (tertiary/aromatic N) is 2. The maximum atomic E-state index is 12.5. The highest BCUT2D eigenvalue weighted by Crippen LogP contribution is 2.32. The molecule has 6 nitrogen and oxygen atoms in total.